The fourth-order valence-electron chi connectivity index (χ4n) is 3.07. The maximum atomic E-state index is 8.26. The molecule has 2 aromatic carbocycles. The van der Waals surface area contributed by atoms with Crippen LogP contribution in [0.1, 0.15) is 24.0 Å². The highest BCUT2D eigenvalue weighted by Crippen LogP contribution is 2.36. The second-order valence-corrected chi connectivity index (χ2v) is 6.83. The fraction of sp³-hybridized carbons (Fsp3) is 0.263. The summed E-state index contributed by atoms with van der Waals surface area (Å²) in [6.07, 6.45) is 1.54. The molecule has 0 radical (unpaired) electrons. The minimum Gasteiger partial charge on any atom is -0.386 e. The Morgan fingerprint density at radius 2 is 1.67 bits per heavy atom. The highest BCUT2D eigenvalue weighted by Gasteiger charge is 2.38. The Bertz CT molecular complexity index is 735. The van der Waals surface area contributed by atoms with Crippen molar-refractivity contribution in [3.8, 4) is 0 Å². The van der Waals surface area contributed by atoms with Crippen molar-refractivity contribution in [3.63, 3.8) is 0 Å². The molecule has 0 aromatic heterocycles. The lowest BCUT2D eigenvalue weighted by Gasteiger charge is -2.37. The number of nitrogens with two attached hydrogens (primary N) is 1. The van der Waals surface area contributed by atoms with E-state index in [-0.39, 0.29) is 11.3 Å². The second-order valence-electron chi connectivity index (χ2n) is 5.91. The average Bonchev–Trinajstić information content (AvgIpc) is 2.63. The number of halogens is 1. The van der Waals surface area contributed by atoms with E-state index in [2.05, 4.69) is 33.1 Å². The van der Waals surface area contributed by atoms with Crippen molar-refractivity contribution in [1.82, 2.24) is 0 Å². The van der Waals surface area contributed by atoms with Gasteiger partial charge in [0.1, 0.15) is 5.84 Å². The Labute approximate surface area is 150 Å². The molecule has 0 unspecified atom stereocenters. The first-order chi connectivity index (χ1) is 11.6. The molecule has 3 N–H and O–H groups in total. The van der Waals surface area contributed by atoms with Crippen LogP contribution in [0.4, 0.5) is 0 Å². The quantitative estimate of drug-likeness (QED) is 0.621. The molecule has 1 fully saturated rings. The third kappa shape index (κ3) is 3.42. The molecule has 4 nitrogen and oxygen atoms in total. The summed E-state index contributed by atoms with van der Waals surface area (Å²) in [5.41, 5.74) is 7.94. The number of ether oxygens (including phenoxy) is 1. The molecule has 1 saturated heterocycles. The Morgan fingerprint density at radius 1 is 1.04 bits per heavy atom. The van der Waals surface area contributed by atoms with Gasteiger partial charge in [-0.05, 0) is 30.5 Å². The van der Waals surface area contributed by atoms with Gasteiger partial charge in [0.25, 0.3) is 0 Å². The van der Waals surface area contributed by atoms with Crippen LogP contribution in [0.2, 0.25) is 0 Å². The first-order valence-corrected chi connectivity index (χ1v) is 8.73. The van der Waals surface area contributed by atoms with E-state index in [0.717, 1.165) is 28.4 Å². The Kier molecular flexibility index (Phi) is 5.11. The van der Waals surface area contributed by atoms with Gasteiger partial charge in [0, 0.05) is 23.2 Å². The minimum atomic E-state index is -0.375. The zero-order valence-electron chi connectivity index (χ0n) is 13.3. The molecule has 0 bridgehead atoms. The van der Waals surface area contributed by atoms with Crippen molar-refractivity contribution in [3.05, 3.63) is 70.2 Å². The largest absolute Gasteiger partial charge is 0.386 e. The van der Waals surface area contributed by atoms with Gasteiger partial charge in [0.2, 0.25) is 0 Å². The molecule has 124 valence electrons. The zero-order chi connectivity index (χ0) is 17.0. The van der Waals surface area contributed by atoms with Crippen LogP contribution in [0.3, 0.4) is 0 Å². The zero-order valence-corrected chi connectivity index (χ0v) is 14.9. The predicted octanol–water partition coefficient (Wildman–Crippen LogP) is 3.88. The minimum absolute atomic E-state index is 0.191. The molecular formula is C19H20BrN3O. The smallest absolute Gasteiger partial charge is 0.153 e. The lowest BCUT2D eigenvalue weighted by atomic mass is 9.73. The van der Waals surface area contributed by atoms with Crippen LogP contribution in [0, 0.1) is 5.41 Å². The number of rotatable bonds is 3. The molecular weight excluding hydrogens is 366 g/mol. The van der Waals surface area contributed by atoms with Crippen LogP contribution in [-0.2, 0) is 10.2 Å². The summed E-state index contributed by atoms with van der Waals surface area (Å²) >= 11 is 3.47. The van der Waals surface area contributed by atoms with Crippen LogP contribution in [0.5, 0.6) is 0 Å². The van der Waals surface area contributed by atoms with Crippen LogP contribution in [-0.4, -0.2) is 24.9 Å². The summed E-state index contributed by atoms with van der Waals surface area (Å²) in [4.78, 5) is 4.45. The first kappa shape index (κ1) is 16.9. The summed E-state index contributed by atoms with van der Waals surface area (Å²) in [5, 5.41) is 8.26. The molecule has 2 aromatic rings. The van der Waals surface area contributed by atoms with Crippen LogP contribution < -0.4 is 5.73 Å². The van der Waals surface area contributed by atoms with Gasteiger partial charge in [-0.25, -0.2) is 4.99 Å². The van der Waals surface area contributed by atoms with Crippen molar-refractivity contribution >= 4 is 27.6 Å². The molecule has 0 aliphatic carbocycles. The summed E-state index contributed by atoms with van der Waals surface area (Å²) in [6, 6.07) is 17.6. The average molecular weight is 386 g/mol. The molecule has 5 heteroatoms. The summed E-state index contributed by atoms with van der Waals surface area (Å²) in [5.74, 6) is 0.679. The van der Waals surface area contributed by atoms with Crippen molar-refractivity contribution in [2.75, 3.05) is 13.2 Å². The van der Waals surface area contributed by atoms with Crippen molar-refractivity contribution in [2.24, 2.45) is 10.7 Å². The van der Waals surface area contributed by atoms with Gasteiger partial charge in [-0.2, -0.15) is 0 Å². The van der Waals surface area contributed by atoms with Gasteiger partial charge in [-0.15, -0.1) is 0 Å². The third-order valence-electron chi connectivity index (χ3n) is 4.51. The molecule has 0 atom stereocenters. The van der Waals surface area contributed by atoms with Gasteiger partial charge >= 0.3 is 0 Å². The molecule has 0 saturated carbocycles. The standard InChI is InChI=1S/C19H20BrN3O/c20-16-8-6-15(7-9-16)19(10-12-24-13-11-19)18(22)23-17(21)14-4-2-1-3-5-14/h1-9H,10-13H2,(H3,21,22,23). The van der Waals surface area contributed by atoms with E-state index in [4.69, 9.17) is 15.9 Å². The maximum Gasteiger partial charge on any atom is 0.153 e. The number of amidine groups is 2. The molecule has 0 amide bonds. The molecule has 3 rings (SSSR count). The van der Waals surface area contributed by atoms with E-state index in [1.165, 1.54) is 0 Å². The molecule has 1 heterocycles. The Balaban J connectivity index is 1.97. The van der Waals surface area contributed by atoms with Gasteiger partial charge in [0.15, 0.2) is 5.84 Å². The number of aliphatic imine (C=N–C) groups is 1. The number of nitrogens with one attached hydrogen (secondary N) is 1. The van der Waals surface area contributed by atoms with Gasteiger partial charge in [-0.1, -0.05) is 58.4 Å². The molecule has 24 heavy (non-hydrogen) atoms. The van der Waals surface area contributed by atoms with E-state index in [0.29, 0.717) is 19.0 Å². The fourth-order valence-corrected chi connectivity index (χ4v) is 3.33. The monoisotopic (exact) mass is 385 g/mol. The number of nitrogens with zero attached hydrogens (tertiary/aromatic N) is 1. The Hall–Kier alpha value is -1.98. The second kappa shape index (κ2) is 7.28. The van der Waals surface area contributed by atoms with Crippen LogP contribution >= 0.6 is 15.9 Å². The van der Waals surface area contributed by atoms with Crippen molar-refractivity contribution < 1.29 is 4.74 Å². The molecule has 1 aliphatic heterocycles. The van der Waals surface area contributed by atoms with Crippen LogP contribution in [0.15, 0.2) is 64.1 Å². The van der Waals surface area contributed by atoms with Crippen molar-refractivity contribution in [1.29, 1.82) is 5.41 Å². The van der Waals surface area contributed by atoms with E-state index >= 15 is 0 Å². The van der Waals surface area contributed by atoms with E-state index < -0.39 is 0 Å². The number of benzene rings is 2. The van der Waals surface area contributed by atoms with E-state index in [9.17, 15) is 0 Å². The topological polar surface area (TPSA) is 71.5 Å². The normalized spacial score (nSPS) is 17.5. The summed E-state index contributed by atoms with van der Waals surface area (Å²) in [6.45, 7) is 1.29. The molecule has 0 spiro atoms. The van der Waals surface area contributed by atoms with E-state index in [1.807, 2.05) is 42.5 Å². The number of hydrogen-bond acceptors (Lipinski definition) is 2. The SMILES string of the molecule is N=C(N=C(N)C1(c2ccc(Br)cc2)CCOCC1)c1ccccc1. The highest BCUT2D eigenvalue weighted by molar-refractivity contribution is 9.10. The molecule has 1 aliphatic rings. The highest BCUT2D eigenvalue weighted by atomic mass is 79.9. The number of hydrogen-bond donors (Lipinski definition) is 2. The van der Waals surface area contributed by atoms with Crippen molar-refractivity contribution in [2.45, 2.75) is 18.3 Å². The Morgan fingerprint density at radius 3 is 2.29 bits per heavy atom. The van der Waals surface area contributed by atoms with Crippen LogP contribution in [0.25, 0.3) is 0 Å². The lowest BCUT2D eigenvalue weighted by molar-refractivity contribution is 0.0705. The first-order valence-electron chi connectivity index (χ1n) is 7.94. The van der Waals surface area contributed by atoms with Gasteiger partial charge in [-0.3, -0.25) is 5.41 Å². The van der Waals surface area contributed by atoms with Gasteiger partial charge < -0.3 is 10.5 Å². The third-order valence-corrected chi connectivity index (χ3v) is 5.04. The predicted molar refractivity (Wildman–Crippen MR) is 101 cm³/mol. The lowest BCUT2D eigenvalue weighted by Crippen LogP contribution is -2.46. The van der Waals surface area contributed by atoms with Gasteiger partial charge in [0.05, 0.1) is 5.41 Å². The summed E-state index contributed by atoms with van der Waals surface area (Å²) < 4.78 is 6.56. The maximum absolute atomic E-state index is 8.26. The van der Waals surface area contributed by atoms with E-state index in [1.54, 1.807) is 0 Å². The summed E-state index contributed by atoms with van der Waals surface area (Å²) in [7, 11) is 0.